The second kappa shape index (κ2) is 3.81. The Morgan fingerprint density at radius 2 is 2.42 bits per heavy atom. The number of carboxylic acid groups (broad SMARTS) is 1. The van der Waals surface area contributed by atoms with Gasteiger partial charge in [-0.15, -0.1) is 11.8 Å². The van der Waals surface area contributed by atoms with Crippen LogP contribution in [0.5, 0.6) is 0 Å². The zero-order valence-corrected chi connectivity index (χ0v) is 10.4. The Kier molecular flexibility index (Phi) is 3.41. The molecule has 1 saturated heterocycles. The SMILES string of the molecule is O=C([O-])C1=CS[C@H]2CC(=O)N12.[K+]. The molecule has 2 aliphatic heterocycles. The molecule has 0 radical (unpaired) electrons. The summed E-state index contributed by atoms with van der Waals surface area (Å²) in [5.41, 5.74) is 0.0104. The number of hydrogen-bond acceptors (Lipinski definition) is 4. The summed E-state index contributed by atoms with van der Waals surface area (Å²) < 4.78 is 0. The largest absolute Gasteiger partial charge is 1.00 e. The first-order valence-electron chi connectivity index (χ1n) is 3.09. The molecule has 0 spiro atoms. The first-order valence-corrected chi connectivity index (χ1v) is 4.03. The van der Waals surface area contributed by atoms with E-state index < -0.39 is 5.97 Å². The van der Waals surface area contributed by atoms with E-state index in [9.17, 15) is 14.7 Å². The fourth-order valence-electron chi connectivity index (χ4n) is 1.13. The summed E-state index contributed by atoms with van der Waals surface area (Å²) in [7, 11) is 0. The van der Waals surface area contributed by atoms with Crippen molar-refractivity contribution in [3.05, 3.63) is 11.1 Å². The number of thioether (sulfide) groups is 1. The van der Waals surface area contributed by atoms with E-state index in [1.54, 1.807) is 0 Å². The molecule has 0 aromatic heterocycles. The van der Waals surface area contributed by atoms with Crippen molar-refractivity contribution < 1.29 is 66.1 Å². The Hall–Kier alpha value is 0.666. The van der Waals surface area contributed by atoms with Gasteiger partial charge in [-0.3, -0.25) is 9.69 Å². The van der Waals surface area contributed by atoms with E-state index in [4.69, 9.17) is 0 Å². The minimum Gasteiger partial charge on any atom is -0.543 e. The minimum absolute atomic E-state index is 0. The Bertz CT molecular complexity index is 278. The summed E-state index contributed by atoms with van der Waals surface area (Å²) >= 11 is 1.35. The quantitative estimate of drug-likeness (QED) is 0.325. The van der Waals surface area contributed by atoms with E-state index in [-0.39, 0.29) is 68.4 Å². The molecule has 0 bridgehead atoms. The van der Waals surface area contributed by atoms with Crippen LogP contribution in [0.4, 0.5) is 0 Å². The molecule has 1 atom stereocenters. The number of nitrogens with zero attached hydrogens (tertiary/aromatic N) is 1. The van der Waals surface area contributed by atoms with Crippen molar-refractivity contribution in [2.24, 2.45) is 0 Å². The van der Waals surface area contributed by atoms with Gasteiger partial charge in [0.15, 0.2) is 0 Å². The van der Waals surface area contributed by atoms with Crippen molar-refractivity contribution in [2.75, 3.05) is 0 Å². The summed E-state index contributed by atoms with van der Waals surface area (Å²) in [4.78, 5) is 22.4. The minimum atomic E-state index is -1.27. The van der Waals surface area contributed by atoms with Crippen LogP contribution in [-0.4, -0.2) is 22.2 Å². The van der Waals surface area contributed by atoms with Crippen LogP contribution in [0.3, 0.4) is 0 Å². The zero-order valence-electron chi connectivity index (χ0n) is 6.44. The molecule has 0 unspecified atom stereocenters. The van der Waals surface area contributed by atoms with Crippen molar-refractivity contribution in [1.82, 2.24) is 4.90 Å². The summed E-state index contributed by atoms with van der Waals surface area (Å²) in [6.45, 7) is 0. The van der Waals surface area contributed by atoms with Crippen molar-refractivity contribution in [2.45, 2.75) is 11.8 Å². The Labute approximate surface area is 116 Å². The molecular formula is C6H4KNO3S. The third-order valence-electron chi connectivity index (χ3n) is 1.71. The van der Waals surface area contributed by atoms with Gasteiger partial charge in [-0.25, -0.2) is 0 Å². The number of carbonyl (C=O) groups excluding carboxylic acids is 2. The first kappa shape index (κ1) is 10.7. The normalized spacial score (nSPS) is 25.3. The van der Waals surface area contributed by atoms with E-state index >= 15 is 0 Å². The van der Waals surface area contributed by atoms with Crippen LogP contribution in [0.2, 0.25) is 0 Å². The molecule has 1 fully saturated rings. The smallest absolute Gasteiger partial charge is 0.543 e. The molecule has 6 heteroatoms. The second-order valence-corrected chi connectivity index (χ2v) is 3.40. The Morgan fingerprint density at radius 3 is 2.83 bits per heavy atom. The number of fused-ring (bicyclic) bond motifs is 1. The van der Waals surface area contributed by atoms with Gasteiger partial charge >= 0.3 is 51.4 Å². The fraction of sp³-hybridized carbons (Fsp3) is 0.333. The zero-order chi connectivity index (χ0) is 8.01. The summed E-state index contributed by atoms with van der Waals surface area (Å²) in [5, 5.41) is 11.8. The van der Waals surface area contributed by atoms with Crippen molar-refractivity contribution in [3.63, 3.8) is 0 Å². The van der Waals surface area contributed by atoms with Crippen LogP contribution in [0, 0.1) is 0 Å². The standard InChI is InChI=1S/C6H5NO3S.K/c8-4-1-5-7(4)3(2-11-5)6(9)10;/h2,5H,1H2,(H,9,10);/q;+1/p-1/t5-;/m0./s1. The van der Waals surface area contributed by atoms with Crippen LogP contribution < -0.4 is 56.5 Å². The molecule has 2 heterocycles. The van der Waals surface area contributed by atoms with Gasteiger partial charge in [0.05, 0.1) is 23.5 Å². The first-order chi connectivity index (χ1) is 5.20. The molecule has 0 aromatic rings. The molecule has 0 aliphatic carbocycles. The van der Waals surface area contributed by atoms with Gasteiger partial charge < -0.3 is 9.90 Å². The third-order valence-corrected chi connectivity index (χ3v) is 2.76. The van der Waals surface area contributed by atoms with Gasteiger partial charge in [0.1, 0.15) is 0 Å². The van der Waals surface area contributed by atoms with E-state index in [0.29, 0.717) is 6.42 Å². The molecule has 0 saturated carbocycles. The van der Waals surface area contributed by atoms with Gasteiger partial charge in [0.2, 0.25) is 5.91 Å². The Morgan fingerprint density at radius 1 is 1.75 bits per heavy atom. The van der Waals surface area contributed by atoms with Gasteiger partial charge in [-0.05, 0) is 5.41 Å². The van der Waals surface area contributed by atoms with Gasteiger partial charge in [0.25, 0.3) is 0 Å². The molecular weight excluding hydrogens is 205 g/mol. The van der Waals surface area contributed by atoms with E-state index in [2.05, 4.69) is 0 Å². The Balaban J connectivity index is 0.000000720. The van der Waals surface area contributed by atoms with Gasteiger partial charge in [-0.1, -0.05) is 0 Å². The molecule has 4 nitrogen and oxygen atoms in total. The predicted molar refractivity (Wildman–Crippen MR) is 35.9 cm³/mol. The molecule has 12 heavy (non-hydrogen) atoms. The van der Waals surface area contributed by atoms with E-state index in [1.165, 1.54) is 22.1 Å². The maximum absolute atomic E-state index is 10.8. The molecule has 0 N–H and O–H groups in total. The van der Waals surface area contributed by atoms with Gasteiger partial charge in [0, 0.05) is 0 Å². The summed E-state index contributed by atoms with van der Waals surface area (Å²) in [5.74, 6) is -1.40. The fourth-order valence-corrected chi connectivity index (χ4v) is 2.22. The summed E-state index contributed by atoms with van der Waals surface area (Å²) in [6, 6.07) is 0. The molecule has 1 amide bonds. The molecule has 2 rings (SSSR count). The van der Waals surface area contributed by atoms with Crippen molar-refractivity contribution in [3.8, 4) is 0 Å². The number of aliphatic carboxylic acids is 1. The number of β-lactam (4-membered cyclic amide) rings is 1. The van der Waals surface area contributed by atoms with E-state index in [1.807, 2.05) is 0 Å². The number of carboxylic acids is 1. The third kappa shape index (κ3) is 1.51. The average Bonchev–Trinajstić information content (AvgIpc) is 2.25. The maximum Gasteiger partial charge on any atom is 1.00 e. The van der Waals surface area contributed by atoms with Crippen LogP contribution >= 0.6 is 11.8 Å². The summed E-state index contributed by atoms with van der Waals surface area (Å²) in [6.07, 6.45) is 0.442. The van der Waals surface area contributed by atoms with E-state index in [0.717, 1.165) is 0 Å². The predicted octanol–water partition coefficient (Wildman–Crippen LogP) is -4.11. The topological polar surface area (TPSA) is 60.4 Å². The molecule has 0 aromatic carbocycles. The number of rotatable bonds is 1. The van der Waals surface area contributed by atoms with Crippen LogP contribution in [-0.2, 0) is 9.59 Å². The van der Waals surface area contributed by atoms with Crippen LogP contribution in [0.15, 0.2) is 11.1 Å². The second-order valence-electron chi connectivity index (χ2n) is 2.35. The van der Waals surface area contributed by atoms with Crippen molar-refractivity contribution in [1.29, 1.82) is 0 Å². The number of carbonyl (C=O) groups is 2. The number of hydrogen-bond donors (Lipinski definition) is 0. The monoisotopic (exact) mass is 209 g/mol. The van der Waals surface area contributed by atoms with Gasteiger partial charge in [-0.2, -0.15) is 0 Å². The molecule has 58 valence electrons. The number of amides is 1. The molecule has 2 aliphatic rings. The average molecular weight is 209 g/mol. The van der Waals surface area contributed by atoms with Crippen LogP contribution in [0.1, 0.15) is 6.42 Å². The maximum atomic E-state index is 10.8. The van der Waals surface area contributed by atoms with Crippen molar-refractivity contribution >= 4 is 23.6 Å². The van der Waals surface area contributed by atoms with Crippen LogP contribution in [0.25, 0.3) is 0 Å².